The van der Waals surface area contributed by atoms with Crippen LogP contribution in [0.25, 0.3) is 0 Å². The number of amides is 4. The number of nitrogens with one attached hydrogen (secondary N) is 2. The zero-order chi connectivity index (χ0) is 20.9. The molecule has 0 bridgehead atoms. The van der Waals surface area contributed by atoms with Crippen molar-refractivity contribution in [1.29, 1.82) is 0 Å². The van der Waals surface area contributed by atoms with Gasteiger partial charge in [-0.15, -0.1) is 0 Å². The van der Waals surface area contributed by atoms with E-state index in [1.165, 1.54) is 12.1 Å². The van der Waals surface area contributed by atoms with Crippen LogP contribution in [0.2, 0.25) is 0 Å². The standard InChI is InChI=1S/C19H20F2N4O4/c20-19(21)6-12(22)13(7-19)23-8-9-1-2-10-11(5-9)18(29)25(17(10)28)14-3-4-15(26)24-16(14)27/h1-2,5,12-14,23H,3-4,6-8,22H2,(H,24,26,27)/t12-,13-,14?/m1/s1. The summed E-state index contributed by atoms with van der Waals surface area (Å²) in [6.45, 7) is 0.210. The Hall–Kier alpha value is -2.72. The molecule has 1 unspecified atom stereocenters. The van der Waals surface area contributed by atoms with E-state index >= 15 is 0 Å². The molecule has 10 heteroatoms. The number of carbonyl (C=O) groups excluding carboxylic acids is 4. The number of nitrogens with zero attached hydrogens (tertiary/aromatic N) is 1. The van der Waals surface area contributed by atoms with Crippen LogP contribution >= 0.6 is 0 Å². The van der Waals surface area contributed by atoms with Gasteiger partial charge in [-0.2, -0.15) is 0 Å². The van der Waals surface area contributed by atoms with Gasteiger partial charge in [-0.1, -0.05) is 6.07 Å². The van der Waals surface area contributed by atoms with Gasteiger partial charge in [-0.3, -0.25) is 29.4 Å². The lowest BCUT2D eigenvalue weighted by Crippen LogP contribution is -2.54. The van der Waals surface area contributed by atoms with Crippen LogP contribution in [0.4, 0.5) is 8.78 Å². The fourth-order valence-corrected chi connectivity index (χ4v) is 4.14. The van der Waals surface area contributed by atoms with Gasteiger partial charge >= 0.3 is 0 Å². The molecule has 1 aromatic carbocycles. The molecule has 1 saturated heterocycles. The Bertz CT molecular complexity index is 919. The van der Waals surface area contributed by atoms with Crippen LogP contribution in [0.15, 0.2) is 18.2 Å². The Morgan fingerprint density at radius 2 is 1.86 bits per heavy atom. The van der Waals surface area contributed by atoms with Gasteiger partial charge < -0.3 is 11.1 Å². The van der Waals surface area contributed by atoms with E-state index in [1.807, 2.05) is 0 Å². The second kappa shape index (κ2) is 6.96. The summed E-state index contributed by atoms with van der Waals surface area (Å²) in [6, 6.07) is 2.40. The summed E-state index contributed by atoms with van der Waals surface area (Å²) in [6.07, 6.45) is -0.591. The average molecular weight is 406 g/mol. The van der Waals surface area contributed by atoms with Crippen molar-refractivity contribution in [3.63, 3.8) is 0 Å². The van der Waals surface area contributed by atoms with Gasteiger partial charge in [0.25, 0.3) is 17.7 Å². The molecule has 1 aliphatic carbocycles. The fourth-order valence-electron chi connectivity index (χ4n) is 4.14. The molecular formula is C19H20F2N4O4. The number of nitrogens with two attached hydrogens (primary N) is 1. The number of imide groups is 2. The lowest BCUT2D eigenvalue weighted by Gasteiger charge is -2.27. The van der Waals surface area contributed by atoms with Crippen LogP contribution in [0.3, 0.4) is 0 Å². The molecule has 1 saturated carbocycles. The number of carbonyl (C=O) groups is 4. The quantitative estimate of drug-likeness (QED) is 0.619. The zero-order valence-electron chi connectivity index (χ0n) is 15.4. The maximum absolute atomic E-state index is 13.5. The predicted octanol–water partition coefficient (Wildman–Crippen LogP) is 0.302. The van der Waals surface area contributed by atoms with Crippen LogP contribution < -0.4 is 16.4 Å². The summed E-state index contributed by atoms with van der Waals surface area (Å²) in [5.74, 6) is -5.09. The highest BCUT2D eigenvalue weighted by molar-refractivity contribution is 6.23. The summed E-state index contributed by atoms with van der Waals surface area (Å²) >= 11 is 0. The number of hydrogen-bond donors (Lipinski definition) is 3. The third-order valence-corrected chi connectivity index (χ3v) is 5.64. The van der Waals surface area contributed by atoms with E-state index in [0.717, 1.165) is 4.90 Å². The third kappa shape index (κ3) is 3.53. The average Bonchev–Trinajstić information content (AvgIpc) is 3.05. The van der Waals surface area contributed by atoms with Gasteiger partial charge in [0, 0.05) is 37.9 Å². The minimum atomic E-state index is -2.79. The van der Waals surface area contributed by atoms with Gasteiger partial charge in [0.05, 0.1) is 11.1 Å². The summed E-state index contributed by atoms with van der Waals surface area (Å²) < 4.78 is 26.9. The molecule has 0 aromatic heterocycles. The predicted molar refractivity (Wildman–Crippen MR) is 95.9 cm³/mol. The van der Waals surface area contributed by atoms with Crippen molar-refractivity contribution >= 4 is 23.6 Å². The minimum Gasteiger partial charge on any atom is -0.326 e. The highest BCUT2D eigenvalue weighted by Crippen LogP contribution is 2.34. The van der Waals surface area contributed by atoms with E-state index in [4.69, 9.17) is 5.73 Å². The largest absolute Gasteiger partial charge is 0.326 e. The molecule has 154 valence electrons. The molecule has 8 nitrogen and oxygen atoms in total. The van der Waals surface area contributed by atoms with Gasteiger partial charge in [0.1, 0.15) is 6.04 Å². The van der Waals surface area contributed by atoms with Crippen LogP contribution in [0.5, 0.6) is 0 Å². The van der Waals surface area contributed by atoms with Crippen molar-refractivity contribution in [3.8, 4) is 0 Å². The maximum atomic E-state index is 13.5. The molecule has 4 N–H and O–H groups in total. The Morgan fingerprint density at radius 3 is 2.52 bits per heavy atom. The van der Waals surface area contributed by atoms with Gasteiger partial charge in [0.2, 0.25) is 11.8 Å². The number of piperidine rings is 1. The first-order valence-electron chi connectivity index (χ1n) is 9.37. The first-order valence-corrected chi connectivity index (χ1v) is 9.37. The van der Waals surface area contributed by atoms with Crippen LogP contribution in [-0.4, -0.2) is 52.6 Å². The lowest BCUT2D eigenvalue weighted by molar-refractivity contribution is -0.136. The highest BCUT2D eigenvalue weighted by atomic mass is 19.3. The third-order valence-electron chi connectivity index (χ3n) is 5.64. The van der Waals surface area contributed by atoms with Crippen molar-refractivity contribution in [2.45, 2.75) is 56.3 Å². The van der Waals surface area contributed by atoms with Crippen molar-refractivity contribution in [2.75, 3.05) is 0 Å². The number of alkyl halides is 2. The molecular weight excluding hydrogens is 386 g/mol. The topological polar surface area (TPSA) is 122 Å². The Balaban J connectivity index is 1.49. The van der Waals surface area contributed by atoms with E-state index in [1.54, 1.807) is 6.07 Å². The summed E-state index contributed by atoms with van der Waals surface area (Å²) in [7, 11) is 0. The molecule has 4 amide bonds. The molecule has 0 radical (unpaired) electrons. The molecule has 2 aliphatic heterocycles. The Kier molecular flexibility index (Phi) is 4.70. The normalized spacial score (nSPS) is 28.7. The second-order valence-corrected chi connectivity index (χ2v) is 7.74. The van der Waals surface area contributed by atoms with E-state index in [-0.39, 0.29) is 43.4 Å². The van der Waals surface area contributed by atoms with Crippen LogP contribution in [0, 0.1) is 0 Å². The van der Waals surface area contributed by atoms with E-state index in [9.17, 15) is 28.0 Å². The lowest BCUT2D eigenvalue weighted by atomic mass is 10.0. The maximum Gasteiger partial charge on any atom is 0.262 e. The summed E-state index contributed by atoms with van der Waals surface area (Å²) in [4.78, 5) is 49.7. The van der Waals surface area contributed by atoms with Crippen LogP contribution in [-0.2, 0) is 16.1 Å². The smallest absolute Gasteiger partial charge is 0.262 e. The number of rotatable bonds is 4. The first kappa shape index (κ1) is 19.6. The SMILES string of the molecule is N[C@@H]1CC(F)(F)C[C@H]1NCc1ccc2c(c1)C(=O)N(C1CCC(=O)NC1=O)C2=O. The number of fused-ring (bicyclic) bond motifs is 1. The van der Waals surface area contributed by atoms with Gasteiger partial charge in [-0.25, -0.2) is 8.78 Å². The monoisotopic (exact) mass is 406 g/mol. The molecule has 4 rings (SSSR count). The zero-order valence-corrected chi connectivity index (χ0v) is 15.4. The minimum absolute atomic E-state index is 0.0469. The first-order chi connectivity index (χ1) is 13.7. The van der Waals surface area contributed by atoms with Crippen molar-refractivity contribution in [1.82, 2.24) is 15.5 Å². The van der Waals surface area contributed by atoms with E-state index in [0.29, 0.717) is 5.56 Å². The molecule has 29 heavy (non-hydrogen) atoms. The molecule has 2 heterocycles. The second-order valence-electron chi connectivity index (χ2n) is 7.74. The summed E-state index contributed by atoms with van der Waals surface area (Å²) in [5, 5.41) is 5.13. The van der Waals surface area contributed by atoms with Crippen molar-refractivity contribution < 1.29 is 28.0 Å². The number of halogens is 2. The van der Waals surface area contributed by atoms with E-state index < -0.39 is 47.7 Å². The molecule has 0 spiro atoms. The van der Waals surface area contributed by atoms with Gasteiger partial charge in [-0.05, 0) is 24.1 Å². The molecule has 3 atom stereocenters. The molecule has 1 aromatic rings. The van der Waals surface area contributed by atoms with Crippen LogP contribution in [0.1, 0.15) is 52.0 Å². The van der Waals surface area contributed by atoms with Crippen molar-refractivity contribution in [3.05, 3.63) is 34.9 Å². The fraction of sp³-hybridized carbons (Fsp3) is 0.474. The Labute approximate surface area is 164 Å². The molecule has 3 aliphatic rings. The van der Waals surface area contributed by atoms with E-state index in [2.05, 4.69) is 10.6 Å². The highest BCUT2D eigenvalue weighted by Gasteiger charge is 2.46. The van der Waals surface area contributed by atoms with Gasteiger partial charge in [0.15, 0.2) is 0 Å². The molecule has 2 fully saturated rings. The number of hydrogen-bond acceptors (Lipinski definition) is 6. The Morgan fingerprint density at radius 1 is 1.14 bits per heavy atom. The summed E-state index contributed by atoms with van der Waals surface area (Å²) in [5.41, 5.74) is 6.73. The number of benzene rings is 1. The van der Waals surface area contributed by atoms with Crippen molar-refractivity contribution in [2.24, 2.45) is 5.73 Å².